The predicted octanol–water partition coefficient (Wildman–Crippen LogP) is 3.22. The lowest BCUT2D eigenvalue weighted by Crippen LogP contribution is -2.29. The second-order valence-electron chi connectivity index (χ2n) is 6.81. The molecule has 6 heteroatoms. The molecule has 126 valence electrons. The van der Waals surface area contributed by atoms with Crippen molar-refractivity contribution in [1.82, 2.24) is 19.9 Å². The van der Waals surface area contributed by atoms with Gasteiger partial charge in [0, 0.05) is 36.6 Å². The Morgan fingerprint density at radius 2 is 2.17 bits per heavy atom. The molecule has 1 aromatic heterocycles. The molecular formula is C18H21ClN4O. The fourth-order valence-electron chi connectivity index (χ4n) is 3.32. The molecule has 24 heavy (non-hydrogen) atoms. The van der Waals surface area contributed by atoms with Crippen LogP contribution in [0.1, 0.15) is 48.9 Å². The number of aromatic nitrogens is 3. The lowest BCUT2D eigenvalue weighted by atomic mass is 10.1. The highest BCUT2D eigenvalue weighted by atomic mass is 35.5. The van der Waals surface area contributed by atoms with Gasteiger partial charge in [-0.15, -0.1) is 5.10 Å². The average Bonchev–Trinajstić information content (AvgIpc) is 3.12. The number of rotatable bonds is 5. The molecule has 1 aliphatic heterocycles. The molecule has 0 bridgehead atoms. The molecule has 1 aromatic carbocycles. The Kier molecular flexibility index (Phi) is 4.27. The molecule has 1 amide bonds. The zero-order valence-electron chi connectivity index (χ0n) is 13.6. The molecule has 4 rings (SSSR count). The van der Waals surface area contributed by atoms with Gasteiger partial charge in [0.15, 0.2) is 0 Å². The molecule has 2 aromatic rings. The summed E-state index contributed by atoms with van der Waals surface area (Å²) in [5, 5.41) is 9.27. The molecule has 0 unspecified atom stereocenters. The first-order valence-corrected chi connectivity index (χ1v) is 9.01. The van der Waals surface area contributed by atoms with Gasteiger partial charge in [-0.1, -0.05) is 28.9 Å². The third kappa shape index (κ3) is 3.46. The van der Waals surface area contributed by atoms with Crippen LogP contribution in [-0.2, 0) is 11.2 Å². The van der Waals surface area contributed by atoms with Gasteiger partial charge in [0.25, 0.3) is 0 Å². The number of carbonyl (C=O) groups excluding carboxylic acids is 1. The van der Waals surface area contributed by atoms with Crippen LogP contribution < -0.4 is 0 Å². The van der Waals surface area contributed by atoms with E-state index in [1.165, 1.54) is 12.8 Å². The molecule has 0 radical (unpaired) electrons. The SMILES string of the molecule is O=C(CCc1cccc(Cl)c1)N1CC[C@H](n2cc(C3CC3)nn2)C1. The maximum atomic E-state index is 12.5. The first kappa shape index (κ1) is 15.6. The first-order chi connectivity index (χ1) is 11.7. The minimum absolute atomic E-state index is 0.208. The zero-order valence-corrected chi connectivity index (χ0v) is 14.3. The smallest absolute Gasteiger partial charge is 0.222 e. The van der Waals surface area contributed by atoms with E-state index in [0.717, 1.165) is 42.2 Å². The van der Waals surface area contributed by atoms with Crippen LogP contribution in [0.5, 0.6) is 0 Å². The van der Waals surface area contributed by atoms with E-state index in [2.05, 4.69) is 16.5 Å². The molecule has 0 spiro atoms. The number of amides is 1. The van der Waals surface area contributed by atoms with Crippen LogP contribution in [0, 0.1) is 0 Å². The molecule has 2 aliphatic rings. The van der Waals surface area contributed by atoms with E-state index in [0.29, 0.717) is 12.3 Å². The van der Waals surface area contributed by atoms with Crippen LogP contribution >= 0.6 is 11.6 Å². The molecule has 1 atom stereocenters. The fraction of sp³-hybridized carbons (Fsp3) is 0.500. The van der Waals surface area contributed by atoms with Crippen molar-refractivity contribution in [3.05, 3.63) is 46.7 Å². The van der Waals surface area contributed by atoms with Crippen LogP contribution in [-0.4, -0.2) is 38.9 Å². The van der Waals surface area contributed by atoms with Crippen molar-refractivity contribution in [2.24, 2.45) is 0 Å². The first-order valence-electron chi connectivity index (χ1n) is 8.63. The summed E-state index contributed by atoms with van der Waals surface area (Å²) in [7, 11) is 0. The second kappa shape index (κ2) is 6.55. The van der Waals surface area contributed by atoms with E-state index in [-0.39, 0.29) is 11.9 Å². The van der Waals surface area contributed by atoms with Crippen molar-refractivity contribution >= 4 is 17.5 Å². The van der Waals surface area contributed by atoms with Crippen LogP contribution in [0.4, 0.5) is 0 Å². The summed E-state index contributed by atoms with van der Waals surface area (Å²) < 4.78 is 1.96. The average molecular weight is 345 g/mol. The van der Waals surface area contributed by atoms with Crippen LogP contribution in [0.25, 0.3) is 0 Å². The van der Waals surface area contributed by atoms with E-state index in [1.54, 1.807) is 0 Å². The summed E-state index contributed by atoms with van der Waals surface area (Å²) in [5.41, 5.74) is 2.22. The van der Waals surface area contributed by atoms with E-state index >= 15 is 0 Å². The Labute approximate surface area is 146 Å². The standard InChI is InChI=1S/C18H21ClN4O/c19-15-3-1-2-13(10-15)4-7-18(24)22-9-8-16(11-22)23-12-17(20-21-23)14-5-6-14/h1-3,10,12,14,16H,4-9,11H2/t16-/m0/s1. The Morgan fingerprint density at radius 1 is 1.29 bits per heavy atom. The van der Waals surface area contributed by atoms with Gasteiger partial charge in [0.2, 0.25) is 5.91 Å². The maximum Gasteiger partial charge on any atom is 0.222 e. The fourth-order valence-corrected chi connectivity index (χ4v) is 3.53. The van der Waals surface area contributed by atoms with Gasteiger partial charge in [-0.25, -0.2) is 4.68 Å². The van der Waals surface area contributed by atoms with Crippen molar-refractivity contribution < 1.29 is 4.79 Å². The van der Waals surface area contributed by atoms with Gasteiger partial charge < -0.3 is 4.90 Å². The molecule has 1 aliphatic carbocycles. The van der Waals surface area contributed by atoms with E-state index in [9.17, 15) is 4.79 Å². The number of likely N-dealkylation sites (tertiary alicyclic amines) is 1. The number of hydrogen-bond donors (Lipinski definition) is 0. The van der Waals surface area contributed by atoms with E-state index < -0.39 is 0 Å². The third-order valence-corrected chi connectivity index (χ3v) is 5.17. The van der Waals surface area contributed by atoms with Crippen molar-refractivity contribution in [3.63, 3.8) is 0 Å². The Balaban J connectivity index is 1.31. The number of hydrogen-bond acceptors (Lipinski definition) is 3. The van der Waals surface area contributed by atoms with Crippen molar-refractivity contribution in [3.8, 4) is 0 Å². The summed E-state index contributed by atoms with van der Waals surface area (Å²) >= 11 is 5.99. The van der Waals surface area contributed by atoms with Gasteiger partial charge in [0.05, 0.1) is 11.7 Å². The van der Waals surface area contributed by atoms with Crippen molar-refractivity contribution in [1.29, 1.82) is 0 Å². The van der Waals surface area contributed by atoms with Crippen LogP contribution in [0.15, 0.2) is 30.5 Å². The van der Waals surface area contributed by atoms with Gasteiger partial charge >= 0.3 is 0 Å². The van der Waals surface area contributed by atoms with Gasteiger partial charge in [-0.05, 0) is 43.4 Å². The van der Waals surface area contributed by atoms with Gasteiger partial charge in [-0.3, -0.25) is 4.79 Å². The van der Waals surface area contributed by atoms with Crippen LogP contribution in [0.2, 0.25) is 5.02 Å². The monoisotopic (exact) mass is 344 g/mol. The van der Waals surface area contributed by atoms with Gasteiger partial charge in [-0.2, -0.15) is 0 Å². The minimum Gasteiger partial charge on any atom is -0.340 e. The van der Waals surface area contributed by atoms with E-state index in [4.69, 9.17) is 11.6 Å². The Hall–Kier alpha value is -1.88. The van der Waals surface area contributed by atoms with Crippen LogP contribution in [0.3, 0.4) is 0 Å². The summed E-state index contributed by atoms with van der Waals surface area (Å²) in [5.74, 6) is 0.829. The highest BCUT2D eigenvalue weighted by molar-refractivity contribution is 6.30. The predicted molar refractivity (Wildman–Crippen MR) is 92.0 cm³/mol. The summed E-state index contributed by atoms with van der Waals surface area (Å²) in [6, 6.07) is 7.99. The topological polar surface area (TPSA) is 51.0 Å². The molecule has 2 fully saturated rings. The lowest BCUT2D eigenvalue weighted by molar-refractivity contribution is -0.130. The molecule has 1 saturated heterocycles. The van der Waals surface area contributed by atoms with Crippen molar-refractivity contribution in [2.45, 2.75) is 44.1 Å². The number of halogens is 1. The number of carbonyl (C=O) groups is 1. The Morgan fingerprint density at radius 3 is 2.96 bits per heavy atom. The van der Waals surface area contributed by atoms with Crippen molar-refractivity contribution in [2.75, 3.05) is 13.1 Å². The highest BCUT2D eigenvalue weighted by Crippen LogP contribution is 2.39. The normalized spacial score (nSPS) is 20.5. The maximum absolute atomic E-state index is 12.5. The highest BCUT2D eigenvalue weighted by Gasteiger charge is 2.30. The molecular weight excluding hydrogens is 324 g/mol. The van der Waals surface area contributed by atoms with Gasteiger partial charge in [0.1, 0.15) is 0 Å². The largest absolute Gasteiger partial charge is 0.340 e. The number of aryl methyl sites for hydroxylation is 1. The summed E-state index contributed by atoms with van der Waals surface area (Å²) in [4.78, 5) is 14.4. The van der Waals surface area contributed by atoms with E-state index in [1.807, 2.05) is 33.8 Å². The molecule has 5 nitrogen and oxygen atoms in total. The quantitative estimate of drug-likeness (QED) is 0.836. The summed E-state index contributed by atoms with van der Waals surface area (Å²) in [6.45, 7) is 1.54. The molecule has 1 saturated carbocycles. The molecule has 2 heterocycles. The molecule has 0 N–H and O–H groups in total. The Bertz CT molecular complexity index is 740. The third-order valence-electron chi connectivity index (χ3n) is 4.93. The zero-order chi connectivity index (χ0) is 16.5. The minimum atomic E-state index is 0.208. The number of nitrogens with zero attached hydrogens (tertiary/aromatic N) is 4. The second-order valence-corrected chi connectivity index (χ2v) is 7.25. The number of benzene rings is 1. The summed E-state index contributed by atoms with van der Waals surface area (Å²) in [6.07, 6.45) is 6.75. The lowest BCUT2D eigenvalue weighted by Gasteiger charge is -2.16.